The van der Waals surface area contributed by atoms with Crippen molar-refractivity contribution in [3.8, 4) is 0 Å². The highest BCUT2D eigenvalue weighted by Crippen LogP contribution is 2.25. The second kappa shape index (κ2) is 6.02. The first-order valence-corrected chi connectivity index (χ1v) is 6.86. The average molecular weight is 279 g/mol. The zero-order valence-electron chi connectivity index (χ0n) is 9.92. The lowest BCUT2D eigenvalue weighted by Crippen LogP contribution is -2.06. The van der Waals surface area contributed by atoms with Gasteiger partial charge in [-0.25, -0.2) is 9.78 Å². The van der Waals surface area contributed by atoms with E-state index in [-0.39, 0.29) is 0 Å². The van der Waals surface area contributed by atoms with Gasteiger partial charge in [-0.2, -0.15) is 0 Å². The number of thiol groups is 1. The molecule has 0 saturated heterocycles. The highest BCUT2D eigenvalue weighted by molar-refractivity contribution is 7.83. The monoisotopic (exact) mass is 279 g/mol. The van der Waals surface area contributed by atoms with Crippen LogP contribution in [0.5, 0.6) is 0 Å². The molecule has 0 aliphatic heterocycles. The van der Waals surface area contributed by atoms with Crippen LogP contribution < -0.4 is 0 Å². The second-order valence-electron chi connectivity index (χ2n) is 3.64. The van der Waals surface area contributed by atoms with Crippen molar-refractivity contribution >= 4 is 29.9 Å². The maximum absolute atomic E-state index is 11.6. The number of carbonyl (C=O) groups excluding carboxylic acids is 1. The van der Waals surface area contributed by atoms with E-state index in [4.69, 9.17) is 4.74 Å². The molecule has 0 aliphatic carbocycles. The highest BCUT2D eigenvalue weighted by Gasteiger charge is 2.17. The number of benzene rings is 1. The number of aromatic nitrogens is 1. The number of rotatable bonds is 4. The highest BCUT2D eigenvalue weighted by atomic mass is 32.2. The number of nitrogens with zero attached hydrogens (tertiary/aromatic N) is 1. The van der Waals surface area contributed by atoms with Gasteiger partial charge in [-0.05, 0) is 12.5 Å². The molecule has 0 bridgehead atoms. The van der Waals surface area contributed by atoms with Crippen molar-refractivity contribution < 1.29 is 9.53 Å². The Bertz CT molecular complexity index is 537. The van der Waals surface area contributed by atoms with Crippen molar-refractivity contribution in [3.05, 3.63) is 46.6 Å². The maximum Gasteiger partial charge on any atom is 0.358 e. The van der Waals surface area contributed by atoms with Crippen molar-refractivity contribution in [1.82, 2.24) is 4.98 Å². The molecule has 1 heterocycles. The van der Waals surface area contributed by atoms with E-state index < -0.39 is 5.97 Å². The molecule has 0 atom stereocenters. The van der Waals surface area contributed by atoms with Crippen LogP contribution in [0.2, 0.25) is 0 Å². The standard InChI is InChI=1S/C13H13NO2S2/c1-2-16-12(15)11-13(17)18-10(14-11)8-9-6-4-3-5-7-9/h3-7,17H,2,8H2,1H3. The van der Waals surface area contributed by atoms with Crippen molar-refractivity contribution in [3.63, 3.8) is 0 Å². The van der Waals surface area contributed by atoms with Gasteiger partial charge in [-0.3, -0.25) is 0 Å². The number of ether oxygens (including phenoxy) is 1. The van der Waals surface area contributed by atoms with Gasteiger partial charge >= 0.3 is 5.97 Å². The van der Waals surface area contributed by atoms with Gasteiger partial charge in [0.05, 0.1) is 15.8 Å². The van der Waals surface area contributed by atoms with E-state index in [9.17, 15) is 4.79 Å². The fourth-order valence-electron chi connectivity index (χ4n) is 1.53. The average Bonchev–Trinajstić information content (AvgIpc) is 2.72. The van der Waals surface area contributed by atoms with Crippen LogP contribution in [0, 0.1) is 0 Å². The zero-order valence-corrected chi connectivity index (χ0v) is 11.6. The zero-order chi connectivity index (χ0) is 13.0. The summed E-state index contributed by atoms with van der Waals surface area (Å²) < 4.78 is 5.54. The molecule has 2 rings (SSSR count). The third-order valence-corrected chi connectivity index (χ3v) is 3.66. The molecule has 18 heavy (non-hydrogen) atoms. The minimum Gasteiger partial charge on any atom is -0.461 e. The summed E-state index contributed by atoms with van der Waals surface area (Å²) in [6, 6.07) is 10.0. The lowest BCUT2D eigenvalue weighted by Gasteiger charge is -1.98. The van der Waals surface area contributed by atoms with E-state index in [0.717, 1.165) is 10.6 Å². The van der Waals surface area contributed by atoms with E-state index in [2.05, 4.69) is 17.6 Å². The first-order chi connectivity index (χ1) is 8.70. The van der Waals surface area contributed by atoms with E-state index in [0.29, 0.717) is 22.9 Å². The van der Waals surface area contributed by atoms with Crippen molar-refractivity contribution in [1.29, 1.82) is 0 Å². The lowest BCUT2D eigenvalue weighted by atomic mass is 10.2. The molecular weight excluding hydrogens is 266 g/mol. The van der Waals surface area contributed by atoms with Gasteiger partial charge in [0.2, 0.25) is 0 Å². The molecule has 0 aliphatic rings. The van der Waals surface area contributed by atoms with Gasteiger partial charge in [-0.1, -0.05) is 30.3 Å². The summed E-state index contributed by atoms with van der Waals surface area (Å²) in [5, 5.41) is 0.870. The Morgan fingerprint density at radius 3 is 2.78 bits per heavy atom. The van der Waals surface area contributed by atoms with Gasteiger partial charge in [0.25, 0.3) is 0 Å². The molecule has 0 amide bonds. The Hall–Kier alpha value is -1.33. The molecule has 0 radical (unpaired) electrons. The van der Waals surface area contributed by atoms with Gasteiger partial charge in [0.15, 0.2) is 5.69 Å². The van der Waals surface area contributed by atoms with Gasteiger partial charge in [-0.15, -0.1) is 24.0 Å². The van der Waals surface area contributed by atoms with Crippen LogP contribution in [0.3, 0.4) is 0 Å². The van der Waals surface area contributed by atoms with Crippen LogP contribution in [-0.2, 0) is 11.2 Å². The Morgan fingerprint density at radius 1 is 1.39 bits per heavy atom. The largest absolute Gasteiger partial charge is 0.461 e. The molecule has 2 aromatic rings. The molecule has 5 heteroatoms. The summed E-state index contributed by atoms with van der Waals surface area (Å²) in [4.78, 5) is 15.9. The predicted octanol–water partition coefficient (Wildman–Crippen LogP) is 3.20. The van der Waals surface area contributed by atoms with E-state index in [1.54, 1.807) is 6.92 Å². The third kappa shape index (κ3) is 3.11. The smallest absolute Gasteiger partial charge is 0.358 e. The summed E-state index contributed by atoms with van der Waals surface area (Å²) in [5.41, 5.74) is 1.48. The number of esters is 1. The molecule has 0 spiro atoms. The molecule has 1 aromatic heterocycles. The van der Waals surface area contributed by atoms with Gasteiger partial charge < -0.3 is 4.74 Å². The van der Waals surface area contributed by atoms with Gasteiger partial charge in [0.1, 0.15) is 0 Å². The second-order valence-corrected chi connectivity index (χ2v) is 5.48. The number of hydrogen-bond acceptors (Lipinski definition) is 5. The van der Waals surface area contributed by atoms with E-state index in [1.807, 2.05) is 30.3 Å². The Kier molecular flexibility index (Phi) is 4.38. The van der Waals surface area contributed by atoms with Crippen LogP contribution in [0.1, 0.15) is 28.0 Å². The fraction of sp³-hybridized carbons (Fsp3) is 0.231. The topological polar surface area (TPSA) is 39.2 Å². The quantitative estimate of drug-likeness (QED) is 0.690. The summed E-state index contributed by atoms with van der Waals surface area (Å²) in [5.74, 6) is -0.405. The summed E-state index contributed by atoms with van der Waals surface area (Å²) in [6.07, 6.45) is 0.707. The predicted molar refractivity (Wildman–Crippen MR) is 74.6 cm³/mol. The number of carbonyl (C=O) groups is 1. The van der Waals surface area contributed by atoms with Crippen LogP contribution in [0.25, 0.3) is 0 Å². The first-order valence-electron chi connectivity index (χ1n) is 5.60. The summed E-state index contributed by atoms with van der Waals surface area (Å²) in [6.45, 7) is 2.12. The normalized spacial score (nSPS) is 10.3. The van der Waals surface area contributed by atoms with Crippen LogP contribution >= 0.6 is 24.0 Å². The summed E-state index contributed by atoms with van der Waals surface area (Å²) >= 11 is 5.69. The van der Waals surface area contributed by atoms with Crippen molar-refractivity contribution in [2.24, 2.45) is 0 Å². The third-order valence-electron chi connectivity index (χ3n) is 2.32. The maximum atomic E-state index is 11.6. The van der Waals surface area contributed by atoms with Crippen molar-refractivity contribution in [2.45, 2.75) is 17.6 Å². The van der Waals surface area contributed by atoms with Crippen LogP contribution in [0.4, 0.5) is 0 Å². The molecule has 1 aromatic carbocycles. The molecule has 0 saturated carbocycles. The fourth-order valence-corrected chi connectivity index (χ4v) is 2.82. The molecule has 3 nitrogen and oxygen atoms in total. The van der Waals surface area contributed by atoms with Gasteiger partial charge in [0, 0.05) is 6.42 Å². The number of thiazole rings is 1. The SMILES string of the molecule is CCOC(=O)c1nc(Cc2ccccc2)sc1S. The van der Waals surface area contributed by atoms with Crippen molar-refractivity contribution in [2.75, 3.05) is 6.61 Å². The molecular formula is C13H13NO2S2. The molecule has 0 N–H and O–H groups in total. The van der Waals surface area contributed by atoms with E-state index in [1.165, 1.54) is 11.3 Å². The number of hydrogen-bond donors (Lipinski definition) is 1. The minimum absolute atomic E-state index is 0.316. The van der Waals surface area contributed by atoms with Crippen LogP contribution in [0.15, 0.2) is 34.5 Å². The first kappa shape index (κ1) is 13.1. The Labute approximate surface area is 115 Å². The molecule has 0 unspecified atom stereocenters. The lowest BCUT2D eigenvalue weighted by molar-refractivity contribution is 0.0516. The molecule has 0 fully saturated rings. The minimum atomic E-state index is -0.405. The summed E-state index contributed by atoms with van der Waals surface area (Å²) in [7, 11) is 0. The Morgan fingerprint density at radius 2 is 2.11 bits per heavy atom. The molecule has 94 valence electrons. The Balaban J connectivity index is 2.16. The van der Waals surface area contributed by atoms with E-state index >= 15 is 0 Å². The van der Waals surface area contributed by atoms with Crippen LogP contribution in [-0.4, -0.2) is 17.6 Å².